The van der Waals surface area contributed by atoms with Crippen LogP contribution in [0.15, 0.2) is 78.9 Å². The highest BCUT2D eigenvalue weighted by Crippen LogP contribution is 2.37. The van der Waals surface area contributed by atoms with Crippen molar-refractivity contribution in [3.63, 3.8) is 0 Å². The number of hydrogen-bond acceptors (Lipinski definition) is 0. The van der Waals surface area contributed by atoms with Gasteiger partial charge in [-0.15, -0.1) is 0 Å². The zero-order valence-corrected chi connectivity index (χ0v) is 16.0. The van der Waals surface area contributed by atoms with E-state index >= 15 is 0 Å². The summed E-state index contributed by atoms with van der Waals surface area (Å²) in [5.74, 6) is 0. The third kappa shape index (κ3) is 2.61. The lowest BCUT2D eigenvalue weighted by Gasteiger charge is -2.13. The number of fused-ring (bicyclic) bond motifs is 6. The fraction of sp³-hybridized carbons (Fsp3) is 0.111. The van der Waals surface area contributed by atoms with Crippen LogP contribution in [0.5, 0.6) is 0 Å². The lowest BCUT2D eigenvalue weighted by Crippen LogP contribution is -1.87. The van der Waals surface area contributed by atoms with Gasteiger partial charge in [-0.3, -0.25) is 0 Å². The van der Waals surface area contributed by atoms with Crippen molar-refractivity contribution < 1.29 is 0 Å². The van der Waals surface area contributed by atoms with Gasteiger partial charge in [0.05, 0.1) is 0 Å². The first-order valence-electron chi connectivity index (χ1n) is 9.54. The number of rotatable bonds is 1. The van der Waals surface area contributed by atoms with Crippen molar-refractivity contribution >= 4 is 32.3 Å². The van der Waals surface area contributed by atoms with Crippen molar-refractivity contribution in [1.82, 2.24) is 0 Å². The van der Waals surface area contributed by atoms with Gasteiger partial charge in [-0.05, 0) is 70.3 Å². The second kappa shape index (κ2) is 5.96. The summed E-state index contributed by atoms with van der Waals surface area (Å²) >= 11 is 0. The summed E-state index contributed by atoms with van der Waals surface area (Å²) in [5.41, 5.74) is 6.50. The third-order valence-corrected chi connectivity index (χ3v) is 5.55. The quantitative estimate of drug-likeness (QED) is 0.272. The molecule has 0 heterocycles. The first kappa shape index (κ1) is 16.1. The maximum atomic E-state index is 2.37. The van der Waals surface area contributed by atoms with Crippen molar-refractivity contribution in [2.75, 3.05) is 0 Å². The Morgan fingerprint density at radius 2 is 0.926 bits per heavy atom. The van der Waals surface area contributed by atoms with E-state index in [1.165, 1.54) is 60.1 Å². The monoisotopic (exact) mass is 346 g/mol. The summed E-state index contributed by atoms with van der Waals surface area (Å²) in [6, 6.07) is 29.3. The van der Waals surface area contributed by atoms with Gasteiger partial charge in [0.15, 0.2) is 0 Å². The molecule has 0 aliphatic heterocycles. The normalized spacial score (nSPS) is 11.5. The van der Waals surface area contributed by atoms with Crippen LogP contribution in [0.25, 0.3) is 43.4 Å². The minimum Gasteiger partial charge on any atom is -0.0616 e. The zero-order valence-electron chi connectivity index (χ0n) is 16.0. The third-order valence-electron chi connectivity index (χ3n) is 5.55. The number of benzene rings is 5. The Morgan fingerprint density at radius 1 is 0.370 bits per heavy atom. The molecule has 0 spiro atoms. The van der Waals surface area contributed by atoms with Gasteiger partial charge in [-0.1, -0.05) is 89.5 Å². The standard InChI is InChI=1S/C27H22/c1-17-8-10-24-25-11-9-20(21-13-18(2)12-19(3)14-21)16-27(25)23-7-5-4-6-22(23)26(24)15-17/h4-16H,1-3H3. The van der Waals surface area contributed by atoms with E-state index in [-0.39, 0.29) is 0 Å². The summed E-state index contributed by atoms with van der Waals surface area (Å²) < 4.78 is 0. The fourth-order valence-corrected chi connectivity index (χ4v) is 4.39. The molecule has 0 aliphatic carbocycles. The molecule has 130 valence electrons. The van der Waals surface area contributed by atoms with E-state index in [1.807, 2.05) is 0 Å². The molecule has 0 unspecified atom stereocenters. The van der Waals surface area contributed by atoms with E-state index < -0.39 is 0 Å². The minimum atomic E-state index is 1.28. The van der Waals surface area contributed by atoms with Crippen molar-refractivity contribution in [2.45, 2.75) is 20.8 Å². The van der Waals surface area contributed by atoms with E-state index in [4.69, 9.17) is 0 Å². The number of hydrogen-bond donors (Lipinski definition) is 0. The largest absolute Gasteiger partial charge is 0.0616 e. The summed E-state index contributed by atoms with van der Waals surface area (Å²) in [7, 11) is 0. The molecule has 5 aromatic rings. The van der Waals surface area contributed by atoms with Crippen LogP contribution in [0.4, 0.5) is 0 Å². The molecule has 0 saturated carbocycles. The van der Waals surface area contributed by atoms with Crippen molar-refractivity contribution in [1.29, 1.82) is 0 Å². The smallest absolute Gasteiger partial charge is 0.00928 e. The Balaban J connectivity index is 1.91. The van der Waals surface area contributed by atoms with Crippen LogP contribution in [0.2, 0.25) is 0 Å². The molecule has 5 rings (SSSR count). The van der Waals surface area contributed by atoms with Crippen LogP contribution < -0.4 is 0 Å². The SMILES string of the molecule is Cc1cc(C)cc(-c2ccc3c4ccc(C)cc4c4ccccc4c3c2)c1. The first-order chi connectivity index (χ1) is 13.1. The predicted octanol–water partition coefficient (Wildman–Crippen LogP) is 7.74. The van der Waals surface area contributed by atoms with Gasteiger partial charge in [0.1, 0.15) is 0 Å². The number of aryl methyl sites for hydroxylation is 3. The Morgan fingerprint density at radius 3 is 1.59 bits per heavy atom. The lowest BCUT2D eigenvalue weighted by atomic mass is 9.91. The second-order valence-electron chi connectivity index (χ2n) is 7.73. The highest BCUT2D eigenvalue weighted by Gasteiger charge is 2.10. The molecule has 0 aliphatic rings. The van der Waals surface area contributed by atoms with E-state index in [9.17, 15) is 0 Å². The van der Waals surface area contributed by atoms with Gasteiger partial charge in [0.25, 0.3) is 0 Å². The molecule has 0 N–H and O–H groups in total. The molecular formula is C27H22. The molecule has 5 aromatic carbocycles. The zero-order chi connectivity index (χ0) is 18.5. The molecule has 0 radical (unpaired) electrons. The van der Waals surface area contributed by atoms with Crippen LogP contribution in [0.1, 0.15) is 16.7 Å². The van der Waals surface area contributed by atoms with Gasteiger partial charge in [-0.25, -0.2) is 0 Å². The second-order valence-corrected chi connectivity index (χ2v) is 7.73. The van der Waals surface area contributed by atoms with E-state index in [0.717, 1.165) is 0 Å². The molecule has 0 amide bonds. The lowest BCUT2D eigenvalue weighted by molar-refractivity contribution is 1.38. The van der Waals surface area contributed by atoms with Crippen molar-refractivity contribution in [3.8, 4) is 11.1 Å². The van der Waals surface area contributed by atoms with Gasteiger partial charge in [-0.2, -0.15) is 0 Å². The summed E-state index contributed by atoms with van der Waals surface area (Å²) in [5, 5.41) is 8.01. The van der Waals surface area contributed by atoms with Gasteiger partial charge in [0.2, 0.25) is 0 Å². The molecule has 0 aromatic heterocycles. The predicted molar refractivity (Wildman–Crippen MR) is 119 cm³/mol. The van der Waals surface area contributed by atoms with Gasteiger partial charge in [0, 0.05) is 0 Å². The first-order valence-corrected chi connectivity index (χ1v) is 9.54. The summed E-state index contributed by atoms with van der Waals surface area (Å²) in [6.07, 6.45) is 0. The topological polar surface area (TPSA) is 0 Å². The summed E-state index contributed by atoms with van der Waals surface area (Å²) in [6.45, 7) is 6.51. The van der Waals surface area contributed by atoms with Crippen LogP contribution in [0, 0.1) is 20.8 Å². The Labute approximate surface area is 160 Å². The van der Waals surface area contributed by atoms with Crippen molar-refractivity contribution in [2.24, 2.45) is 0 Å². The molecule has 0 fully saturated rings. The molecule has 27 heavy (non-hydrogen) atoms. The summed E-state index contributed by atoms with van der Waals surface area (Å²) in [4.78, 5) is 0. The fourth-order valence-electron chi connectivity index (χ4n) is 4.39. The molecule has 0 nitrogen and oxygen atoms in total. The van der Waals surface area contributed by atoms with Gasteiger partial charge >= 0.3 is 0 Å². The van der Waals surface area contributed by atoms with Crippen LogP contribution in [-0.4, -0.2) is 0 Å². The van der Waals surface area contributed by atoms with Gasteiger partial charge < -0.3 is 0 Å². The average molecular weight is 346 g/mol. The Bertz CT molecular complexity index is 1300. The molecule has 0 bridgehead atoms. The Kier molecular flexibility index (Phi) is 3.55. The maximum Gasteiger partial charge on any atom is -0.00928 e. The molecule has 0 heteroatoms. The highest BCUT2D eigenvalue weighted by atomic mass is 14.1. The van der Waals surface area contributed by atoms with E-state index in [2.05, 4.69) is 99.6 Å². The highest BCUT2D eigenvalue weighted by molar-refractivity contribution is 6.25. The molecule has 0 saturated heterocycles. The molecular weight excluding hydrogens is 324 g/mol. The van der Waals surface area contributed by atoms with Crippen molar-refractivity contribution in [3.05, 3.63) is 95.6 Å². The minimum absolute atomic E-state index is 1.28. The van der Waals surface area contributed by atoms with Crippen LogP contribution in [0.3, 0.4) is 0 Å². The average Bonchev–Trinajstić information content (AvgIpc) is 2.67. The van der Waals surface area contributed by atoms with Crippen LogP contribution >= 0.6 is 0 Å². The van der Waals surface area contributed by atoms with E-state index in [0.29, 0.717) is 0 Å². The Hall–Kier alpha value is -3.12. The molecule has 0 atom stereocenters. The maximum absolute atomic E-state index is 2.37. The van der Waals surface area contributed by atoms with E-state index in [1.54, 1.807) is 0 Å². The van der Waals surface area contributed by atoms with Crippen LogP contribution in [-0.2, 0) is 0 Å².